The van der Waals surface area contributed by atoms with Crippen molar-refractivity contribution in [1.82, 2.24) is 15.0 Å². The molecule has 0 unspecified atom stereocenters. The first kappa shape index (κ1) is 30.4. The second-order valence-corrected chi connectivity index (χ2v) is 10.7. The first-order valence-corrected chi connectivity index (χ1v) is 13.8. The van der Waals surface area contributed by atoms with Crippen molar-refractivity contribution in [3.63, 3.8) is 0 Å². The molecule has 0 saturated heterocycles. The number of likely N-dealkylation sites (N-methyl/N-ethyl adjacent to an activating group) is 1. The number of carbonyl (C=O) groups is 3. The SMILES string of the molecule is Cc1noc(C)c1NC(=O)N(C)C[C@@H]1Oc2ccc(NC(=O)Nc3ccccc3)cc2CC(=O)N([C@H](C)CO)C[C@H]1C. The highest BCUT2D eigenvalue weighted by Gasteiger charge is 2.32. The third kappa shape index (κ3) is 7.38. The number of anilines is 3. The van der Waals surface area contributed by atoms with Crippen molar-refractivity contribution in [2.24, 2.45) is 5.92 Å². The van der Waals surface area contributed by atoms with Gasteiger partial charge in [0.15, 0.2) is 5.76 Å². The van der Waals surface area contributed by atoms with Gasteiger partial charge in [-0.3, -0.25) is 4.79 Å². The van der Waals surface area contributed by atoms with Gasteiger partial charge in [0.1, 0.15) is 23.2 Å². The Morgan fingerprint density at radius 1 is 1.12 bits per heavy atom. The molecular weight excluding hydrogens is 540 g/mol. The molecule has 224 valence electrons. The zero-order valence-electron chi connectivity index (χ0n) is 24.5. The van der Waals surface area contributed by atoms with Gasteiger partial charge in [-0.25, -0.2) is 9.59 Å². The Bertz CT molecular complexity index is 1390. The molecule has 3 atom stereocenters. The monoisotopic (exact) mass is 578 g/mol. The molecule has 42 heavy (non-hydrogen) atoms. The zero-order chi connectivity index (χ0) is 30.4. The average Bonchev–Trinajstić information content (AvgIpc) is 3.29. The van der Waals surface area contributed by atoms with Crippen LogP contribution >= 0.6 is 0 Å². The van der Waals surface area contributed by atoms with E-state index in [9.17, 15) is 19.5 Å². The lowest BCUT2D eigenvalue weighted by Gasteiger charge is -2.34. The second-order valence-electron chi connectivity index (χ2n) is 10.7. The van der Waals surface area contributed by atoms with Crippen LogP contribution in [0.2, 0.25) is 0 Å². The number of amides is 5. The Morgan fingerprint density at radius 2 is 1.83 bits per heavy atom. The first-order valence-electron chi connectivity index (χ1n) is 13.8. The molecule has 4 N–H and O–H groups in total. The van der Waals surface area contributed by atoms with Crippen molar-refractivity contribution >= 4 is 35.0 Å². The molecule has 4 rings (SSSR count). The van der Waals surface area contributed by atoms with E-state index in [0.29, 0.717) is 46.4 Å². The fraction of sp³-hybridized carbons (Fsp3) is 0.400. The van der Waals surface area contributed by atoms with Gasteiger partial charge in [-0.2, -0.15) is 0 Å². The number of aliphatic hydroxyl groups is 1. The number of carbonyl (C=O) groups excluding carboxylic acids is 3. The molecule has 12 heteroatoms. The van der Waals surface area contributed by atoms with Crippen LogP contribution in [0.1, 0.15) is 30.9 Å². The number of hydrogen-bond donors (Lipinski definition) is 4. The summed E-state index contributed by atoms with van der Waals surface area (Å²) in [4.78, 5) is 42.3. The number of benzene rings is 2. The second kappa shape index (κ2) is 13.4. The predicted octanol–water partition coefficient (Wildman–Crippen LogP) is 4.25. The fourth-order valence-corrected chi connectivity index (χ4v) is 4.76. The highest BCUT2D eigenvalue weighted by atomic mass is 16.5. The number of nitrogens with zero attached hydrogens (tertiary/aromatic N) is 3. The van der Waals surface area contributed by atoms with Crippen molar-refractivity contribution < 1.29 is 28.8 Å². The Hall–Kier alpha value is -4.58. The lowest BCUT2D eigenvalue weighted by molar-refractivity contribution is -0.134. The van der Waals surface area contributed by atoms with E-state index in [1.165, 1.54) is 4.90 Å². The summed E-state index contributed by atoms with van der Waals surface area (Å²) in [7, 11) is 1.66. The van der Waals surface area contributed by atoms with Gasteiger partial charge in [-0.1, -0.05) is 30.3 Å². The summed E-state index contributed by atoms with van der Waals surface area (Å²) in [6.45, 7) is 7.54. The number of aliphatic hydroxyl groups excluding tert-OH is 1. The van der Waals surface area contributed by atoms with Crippen molar-refractivity contribution in [2.45, 2.75) is 46.3 Å². The minimum absolute atomic E-state index is 0.0112. The minimum atomic E-state index is -0.497. The van der Waals surface area contributed by atoms with Gasteiger partial charge in [0.05, 0.1) is 25.6 Å². The highest BCUT2D eigenvalue weighted by Crippen LogP contribution is 2.29. The van der Waals surface area contributed by atoms with Gasteiger partial charge in [0, 0.05) is 36.4 Å². The quantitative estimate of drug-likeness (QED) is 0.327. The van der Waals surface area contributed by atoms with Gasteiger partial charge >= 0.3 is 12.1 Å². The number of rotatable bonds is 7. The van der Waals surface area contributed by atoms with Crippen LogP contribution in [-0.2, 0) is 11.2 Å². The Kier molecular flexibility index (Phi) is 9.68. The van der Waals surface area contributed by atoms with Crippen molar-refractivity contribution in [2.75, 3.05) is 42.7 Å². The topological polar surface area (TPSA) is 149 Å². The number of hydrogen-bond acceptors (Lipinski definition) is 7. The molecule has 0 bridgehead atoms. The van der Waals surface area contributed by atoms with E-state index >= 15 is 0 Å². The van der Waals surface area contributed by atoms with E-state index in [1.54, 1.807) is 63.1 Å². The van der Waals surface area contributed by atoms with E-state index in [4.69, 9.17) is 9.26 Å². The molecule has 1 aliphatic heterocycles. The van der Waals surface area contributed by atoms with E-state index in [1.807, 2.05) is 25.1 Å². The van der Waals surface area contributed by atoms with Crippen LogP contribution in [0.15, 0.2) is 53.1 Å². The summed E-state index contributed by atoms with van der Waals surface area (Å²) in [6.07, 6.45) is -0.485. The number of nitrogens with one attached hydrogen (secondary N) is 3. The lowest BCUT2D eigenvalue weighted by Crippen LogP contribution is -2.48. The first-order chi connectivity index (χ1) is 20.0. The van der Waals surface area contributed by atoms with E-state index < -0.39 is 18.2 Å². The molecule has 0 spiro atoms. The number of ether oxygens (including phenoxy) is 1. The minimum Gasteiger partial charge on any atom is -0.488 e. The molecule has 5 amide bonds. The summed E-state index contributed by atoms with van der Waals surface area (Å²) in [5, 5.41) is 22.2. The normalized spacial score (nSPS) is 17.6. The molecule has 3 aromatic rings. The van der Waals surface area contributed by atoms with Gasteiger partial charge in [0.2, 0.25) is 5.91 Å². The van der Waals surface area contributed by atoms with Crippen LogP contribution < -0.4 is 20.7 Å². The van der Waals surface area contributed by atoms with E-state index in [0.717, 1.165) is 0 Å². The number of aryl methyl sites for hydroxylation is 2. The summed E-state index contributed by atoms with van der Waals surface area (Å²) in [5.74, 6) is 0.610. The fourth-order valence-electron chi connectivity index (χ4n) is 4.76. The van der Waals surface area contributed by atoms with Gasteiger partial charge < -0.3 is 40.1 Å². The molecule has 0 aliphatic carbocycles. The molecule has 0 saturated carbocycles. The van der Waals surface area contributed by atoms with Crippen LogP contribution in [0, 0.1) is 19.8 Å². The largest absolute Gasteiger partial charge is 0.488 e. The smallest absolute Gasteiger partial charge is 0.323 e. The zero-order valence-corrected chi connectivity index (χ0v) is 24.5. The standard InChI is InChI=1S/C30H38N6O6/c1-18-15-36(19(2)17-37)27(38)14-22-13-24(32-29(39)31-23-9-7-6-8-10-23)11-12-25(22)41-26(18)16-35(5)30(40)33-28-20(3)34-42-21(28)4/h6-13,18-19,26,37H,14-17H2,1-5H3,(H,33,40)(H2,31,32,39)/t18-,19-,26+/m1/s1. The molecule has 1 aliphatic rings. The van der Waals surface area contributed by atoms with Crippen LogP contribution in [0.4, 0.5) is 26.7 Å². The average molecular weight is 579 g/mol. The summed E-state index contributed by atoms with van der Waals surface area (Å²) in [6, 6.07) is 13.0. The number of fused-ring (bicyclic) bond motifs is 1. The molecule has 2 aromatic carbocycles. The third-order valence-electron chi connectivity index (χ3n) is 7.27. The van der Waals surface area contributed by atoms with Crippen LogP contribution in [0.3, 0.4) is 0 Å². The molecule has 12 nitrogen and oxygen atoms in total. The Morgan fingerprint density at radius 3 is 2.50 bits per heavy atom. The predicted molar refractivity (Wildman–Crippen MR) is 159 cm³/mol. The number of aromatic nitrogens is 1. The summed E-state index contributed by atoms with van der Waals surface area (Å²) in [5.41, 5.74) is 2.80. The molecule has 0 fully saturated rings. The molecule has 0 radical (unpaired) electrons. The third-order valence-corrected chi connectivity index (χ3v) is 7.27. The molecule has 2 heterocycles. The number of urea groups is 2. The highest BCUT2D eigenvalue weighted by molar-refractivity contribution is 6.00. The van der Waals surface area contributed by atoms with Crippen molar-refractivity contribution in [3.8, 4) is 5.75 Å². The van der Waals surface area contributed by atoms with Gasteiger partial charge in [-0.05, 0) is 51.1 Å². The Balaban J connectivity index is 1.56. The number of para-hydroxylation sites is 1. The van der Waals surface area contributed by atoms with Crippen LogP contribution in [0.5, 0.6) is 5.75 Å². The van der Waals surface area contributed by atoms with Crippen LogP contribution in [0.25, 0.3) is 0 Å². The summed E-state index contributed by atoms with van der Waals surface area (Å²) >= 11 is 0. The maximum Gasteiger partial charge on any atom is 0.323 e. The molecule has 1 aromatic heterocycles. The van der Waals surface area contributed by atoms with Crippen molar-refractivity contribution in [1.29, 1.82) is 0 Å². The van der Waals surface area contributed by atoms with Gasteiger partial charge in [-0.15, -0.1) is 0 Å². The maximum atomic E-state index is 13.5. The maximum absolute atomic E-state index is 13.5. The van der Waals surface area contributed by atoms with Gasteiger partial charge in [0.25, 0.3) is 0 Å². The lowest BCUT2D eigenvalue weighted by atomic mass is 10.0. The van der Waals surface area contributed by atoms with Crippen LogP contribution in [-0.4, -0.2) is 76.9 Å². The van der Waals surface area contributed by atoms with E-state index in [-0.39, 0.29) is 37.4 Å². The molecular formula is C30H38N6O6. The summed E-state index contributed by atoms with van der Waals surface area (Å²) < 4.78 is 11.6. The Labute approximate surface area is 245 Å². The van der Waals surface area contributed by atoms with E-state index in [2.05, 4.69) is 21.1 Å². The van der Waals surface area contributed by atoms with Crippen molar-refractivity contribution in [3.05, 3.63) is 65.5 Å².